The Balaban J connectivity index is 1.34. The van der Waals surface area contributed by atoms with E-state index >= 15 is 0 Å². The van der Waals surface area contributed by atoms with E-state index in [9.17, 15) is 10.1 Å². The van der Waals surface area contributed by atoms with Gasteiger partial charge < -0.3 is 4.57 Å². The molecule has 7 nitrogen and oxygen atoms in total. The highest BCUT2D eigenvalue weighted by molar-refractivity contribution is 5.86. The molecule has 6 aromatic rings. The molecule has 0 fully saturated rings. The Bertz CT molecular complexity index is 1930. The molecular weight excluding hydrogens is 608 g/mol. The van der Waals surface area contributed by atoms with Crippen molar-refractivity contribution >= 4 is 16.8 Å². The summed E-state index contributed by atoms with van der Waals surface area (Å²) in [6.07, 6.45) is 2.42. The van der Waals surface area contributed by atoms with E-state index in [4.69, 9.17) is 9.68 Å². The first-order valence-electron chi connectivity index (χ1n) is 16.4. The summed E-state index contributed by atoms with van der Waals surface area (Å²) in [4.78, 5) is 27.0. The number of benzene rings is 5. The smallest absolute Gasteiger partial charge is 0.263 e. The number of nitriles is 1. The molecule has 0 saturated carbocycles. The van der Waals surface area contributed by atoms with Gasteiger partial charge in [-0.25, -0.2) is 5.48 Å². The minimum absolute atomic E-state index is 0.334. The highest BCUT2D eigenvalue weighted by atomic mass is 16.7. The van der Waals surface area contributed by atoms with Crippen molar-refractivity contribution in [1.29, 1.82) is 5.26 Å². The molecule has 1 atom stereocenters. The predicted molar refractivity (Wildman–Crippen MR) is 192 cm³/mol. The Labute approximate surface area is 287 Å². The summed E-state index contributed by atoms with van der Waals surface area (Å²) in [7, 11) is 0. The van der Waals surface area contributed by atoms with Gasteiger partial charge in [-0.05, 0) is 66.8 Å². The van der Waals surface area contributed by atoms with Crippen LogP contribution in [-0.2, 0) is 33.0 Å². The van der Waals surface area contributed by atoms with Crippen molar-refractivity contribution in [3.8, 4) is 6.07 Å². The Kier molecular flexibility index (Phi) is 10.0. The second-order valence-corrected chi connectivity index (χ2v) is 13.0. The number of rotatable bonds is 12. The van der Waals surface area contributed by atoms with Crippen LogP contribution >= 0.6 is 0 Å². The van der Waals surface area contributed by atoms with E-state index in [0.717, 1.165) is 38.7 Å². The van der Waals surface area contributed by atoms with Gasteiger partial charge >= 0.3 is 0 Å². The molecule has 0 saturated heterocycles. The standard InChI is InChI=1S/C42H40N4O3/c1-41(2,3)48-44-38(27-33-30-46(39-22-14-13-21-37(33)39)29-32-25-23-31(28-43)24-26-32)40(47)45-49-42(34-15-7-4-8-16-34,35-17-9-5-10-18-35)36-19-11-6-12-20-36/h4-26,30,38,44H,27,29H2,1-3H3,(H,45,47). The molecule has 0 spiro atoms. The number of carbonyl (C=O) groups excluding carboxylic acids is 1. The maximum absolute atomic E-state index is 14.3. The van der Waals surface area contributed by atoms with Crippen molar-refractivity contribution in [3.05, 3.63) is 179 Å². The lowest BCUT2D eigenvalue weighted by Crippen LogP contribution is -2.50. The van der Waals surface area contributed by atoms with E-state index < -0.39 is 17.2 Å². The van der Waals surface area contributed by atoms with E-state index in [1.54, 1.807) is 0 Å². The van der Waals surface area contributed by atoms with Crippen molar-refractivity contribution in [2.75, 3.05) is 0 Å². The third-order valence-corrected chi connectivity index (χ3v) is 8.40. The molecule has 6 rings (SSSR count). The zero-order valence-corrected chi connectivity index (χ0v) is 28.0. The van der Waals surface area contributed by atoms with Crippen LogP contribution in [0.5, 0.6) is 0 Å². The van der Waals surface area contributed by atoms with E-state index in [0.29, 0.717) is 18.5 Å². The van der Waals surface area contributed by atoms with Crippen LogP contribution in [0.15, 0.2) is 146 Å². The molecule has 0 aliphatic carbocycles. The summed E-state index contributed by atoms with van der Waals surface area (Å²) < 4.78 is 2.17. The maximum atomic E-state index is 14.3. The Morgan fingerprint density at radius 2 is 1.27 bits per heavy atom. The average Bonchev–Trinajstić information content (AvgIpc) is 3.48. The molecule has 7 heteroatoms. The maximum Gasteiger partial charge on any atom is 0.263 e. The highest BCUT2D eigenvalue weighted by Gasteiger charge is 2.39. The van der Waals surface area contributed by atoms with Gasteiger partial charge in [0.25, 0.3) is 5.91 Å². The summed E-state index contributed by atoms with van der Waals surface area (Å²) >= 11 is 0. The SMILES string of the molecule is CC(C)(C)ONC(Cc1cn(Cc2ccc(C#N)cc2)c2ccccc12)C(=O)NOC(c1ccccc1)(c1ccccc1)c1ccccc1. The quantitative estimate of drug-likeness (QED) is 0.104. The van der Waals surface area contributed by atoms with Gasteiger partial charge in [0.1, 0.15) is 6.04 Å². The number of nitrogens with zero attached hydrogens (tertiary/aromatic N) is 2. The summed E-state index contributed by atoms with van der Waals surface area (Å²) in [5, 5.41) is 10.3. The van der Waals surface area contributed by atoms with Crippen LogP contribution in [0, 0.1) is 11.3 Å². The number of hydroxylamine groups is 2. The van der Waals surface area contributed by atoms with Gasteiger partial charge in [0.15, 0.2) is 5.60 Å². The lowest BCUT2D eigenvalue weighted by atomic mass is 9.80. The van der Waals surface area contributed by atoms with E-state index in [-0.39, 0.29) is 5.91 Å². The molecular formula is C42H40N4O3. The fourth-order valence-electron chi connectivity index (χ4n) is 6.05. The normalized spacial score (nSPS) is 12.4. The Morgan fingerprint density at radius 3 is 1.80 bits per heavy atom. The highest BCUT2D eigenvalue weighted by Crippen LogP contribution is 2.39. The second-order valence-electron chi connectivity index (χ2n) is 13.0. The molecule has 1 amide bonds. The number of fused-ring (bicyclic) bond motifs is 1. The van der Waals surface area contributed by atoms with Gasteiger partial charge in [-0.1, -0.05) is 121 Å². The van der Waals surface area contributed by atoms with Crippen LogP contribution in [0.1, 0.15) is 54.2 Å². The van der Waals surface area contributed by atoms with Crippen LogP contribution in [0.3, 0.4) is 0 Å². The van der Waals surface area contributed by atoms with Crippen molar-refractivity contribution in [2.45, 2.75) is 51.0 Å². The molecule has 5 aromatic carbocycles. The Morgan fingerprint density at radius 1 is 0.735 bits per heavy atom. The number of hydrogen-bond acceptors (Lipinski definition) is 5. The summed E-state index contributed by atoms with van der Waals surface area (Å²) in [5.41, 5.74) is 10.6. The third-order valence-electron chi connectivity index (χ3n) is 8.40. The van der Waals surface area contributed by atoms with E-state index in [1.165, 1.54) is 0 Å². The predicted octanol–water partition coefficient (Wildman–Crippen LogP) is 7.83. The molecule has 49 heavy (non-hydrogen) atoms. The third kappa shape index (κ3) is 7.64. The van der Waals surface area contributed by atoms with Crippen LogP contribution in [0.4, 0.5) is 0 Å². The molecule has 2 N–H and O–H groups in total. The lowest BCUT2D eigenvalue weighted by Gasteiger charge is -2.35. The van der Waals surface area contributed by atoms with Gasteiger partial charge in [-0.15, -0.1) is 0 Å². The van der Waals surface area contributed by atoms with Gasteiger partial charge in [0.05, 0.1) is 17.2 Å². The molecule has 0 aliphatic rings. The molecule has 1 heterocycles. The van der Waals surface area contributed by atoms with Crippen LogP contribution in [0.2, 0.25) is 0 Å². The number of amides is 1. The monoisotopic (exact) mass is 648 g/mol. The summed E-state index contributed by atoms with van der Waals surface area (Å²) in [5.74, 6) is -0.375. The molecule has 0 radical (unpaired) electrons. The number of carbonyl (C=O) groups is 1. The van der Waals surface area contributed by atoms with Crippen molar-refractivity contribution in [1.82, 2.24) is 15.5 Å². The topological polar surface area (TPSA) is 88.3 Å². The van der Waals surface area contributed by atoms with Gasteiger partial charge in [0.2, 0.25) is 0 Å². The summed E-state index contributed by atoms with van der Waals surface area (Å²) in [6.45, 7) is 6.41. The molecule has 0 aliphatic heterocycles. The molecule has 0 bridgehead atoms. The van der Waals surface area contributed by atoms with Gasteiger partial charge in [-0.3, -0.25) is 14.5 Å². The first-order valence-corrected chi connectivity index (χ1v) is 16.4. The van der Waals surface area contributed by atoms with Crippen molar-refractivity contribution in [2.24, 2.45) is 0 Å². The summed E-state index contributed by atoms with van der Waals surface area (Å²) in [6, 6.07) is 46.9. The van der Waals surface area contributed by atoms with Crippen LogP contribution in [0.25, 0.3) is 10.9 Å². The number of aromatic nitrogens is 1. The molecule has 246 valence electrons. The number of nitrogens with one attached hydrogen (secondary N) is 2. The minimum atomic E-state index is -1.13. The molecule has 1 unspecified atom stereocenters. The zero-order chi connectivity index (χ0) is 34.3. The van der Waals surface area contributed by atoms with Crippen molar-refractivity contribution in [3.63, 3.8) is 0 Å². The van der Waals surface area contributed by atoms with Gasteiger partial charge in [0, 0.05) is 30.1 Å². The van der Waals surface area contributed by atoms with E-state index in [1.807, 2.05) is 148 Å². The largest absolute Gasteiger partial charge is 0.343 e. The number of hydrogen-bond donors (Lipinski definition) is 2. The fraction of sp³-hybridized carbons (Fsp3) is 0.190. The van der Waals surface area contributed by atoms with Gasteiger partial charge in [-0.2, -0.15) is 10.7 Å². The minimum Gasteiger partial charge on any atom is -0.343 e. The zero-order valence-electron chi connectivity index (χ0n) is 28.0. The average molecular weight is 649 g/mol. The second kappa shape index (κ2) is 14.7. The first kappa shape index (κ1) is 33.4. The fourth-order valence-corrected chi connectivity index (χ4v) is 6.05. The number of para-hydroxylation sites is 1. The lowest BCUT2D eigenvalue weighted by molar-refractivity contribution is -0.154. The Hall–Kier alpha value is -5.52. The molecule has 1 aromatic heterocycles. The van der Waals surface area contributed by atoms with Crippen molar-refractivity contribution < 1.29 is 14.5 Å². The van der Waals surface area contributed by atoms with Crippen LogP contribution < -0.4 is 11.0 Å². The van der Waals surface area contributed by atoms with E-state index in [2.05, 4.69) is 39.9 Å². The first-order chi connectivity index (χ1) is 23.8. The van der Waals surface area contributed by atoms with Crippen LogP contribution in [-0.4, -0.2) is 22.1 Å².